The molecule has 0 bridgehead atoms. The first kappa shape index (κ1) is 16.9. The molecule has 0 aliphatic carbocycles. The summed E-state index contributed by atoms with van der Waals surface area (Å²) in [4.78, 5) is 12.2. The summed E-state index contributed by atoms with van der Waals surface area (Å²) < 4.78 is 8.99. The Morgan fingerprint density at radius 2 is 1.93 bits per heavy atom. The first-order valence-corrected chi connectivity index (χ1v) is 8.43. The van der Waals surface area contributed by atoms with Gasteiger partial charge in [-0.25, -0.2) is 4.68 Å². The number of aryl methyl sites for hydroxylation is 2. The standard InChI is InChI=1S/C19H20N6O2/c1-9-5-8-13(27-4)10(2)16(9)25-17-11(14(18(25)20)19(21)26)6-7-12-15(17)22-23-24(12)3/h5-8H,20H2,1-4H3,(H2,21,26). The smallest absolute Gasteiger partial charge is 0.253 e. The Hall–Kier alpha value is -3.55. The molecule has 2 aromatic heterocycles. The van der Waals surface area contributed by atoms with Gasteiger partial charge in [0.2, 0.25) is 0 Å². The lowest BCUT2D eigenvalue weighted by Gasteiger charge is -2.17. The van der Waals surface area contributed by atoms with Gasteiger partial charge in [-0.05, 0) is 37.6 Å². The Morgan fingerprint density at radius 1 is 1.19 bits per heavy atom. The van der Waals surface area contributed by atoms with Gasteiger partial charge in [0.15, 0.2) is 0 Å². The number of carbonyl (C=O) groups is 1. The van der Waals surface area contributed by atoms with Gasteiger partial charge in [0.25, 0.3) is 5.91 Å². The maximum absolute atomic E-state index is 12.2. The van der Waals surface area contributed by atoms with Gasteiger partial charge in [0.05, 0.1) is 29.4 Å². The first-order valence-electron chi connectivity index (χ1n) is 8.43. The largest absolute Gasteiger partial charge is 0.496 e. The van der Waals surface area contributed by atoms with Crippen molar-refractivity contribution < 1.29 is 9.53 Å². The second-order valence-corrected chi connectivity index (χ2v) is 6.56. The fourth-order valence-corrected chi connectivity index (χ4v) is 3.76. The fourth-order valence-electron chi connectivity index (χ4n) is 3.76. The monoisotopic (exact) mass is 364 g/mol. The van der Waals surface area contributed by atoms with Gasteiger partial charge in [-0.3, -0.25) is 9.36 Å². The molecule has 8 nitrogen and oxygen atoms in total. The van der Waals surface area contributed by atoms with Crippen molar-refractivity contribution in [1.82, 2.24) is 19.6 Å². The van der Waals surface area contributed by atoms with Gasteiger partial charge in [-0.15, -0.1) is 5.10 Å². The molecule has 0 fully saturated rings. The number of anilines is 1. The van der Waals surface area contributed by atoms with E-state index < -0.39 is 5.91 Å². The van der Waals surface area contributed by atoms with E-state index in [0.29, 0.717) is 16.4 Å². The molecular weight excluding hydrogens is 344 g/mol. The summed E-state index contributed by atoms with van der Waals surface area (Å²) in [5, 5.41) is 9.06. The zero-order valence-corrected chi connectivity index (χ0v) is 15.6. The number of nitrogen functional groups attached to an aromatic ring is 1. The molecule has 8 heteroatoms. The van der Waals surface area contributed by atoms with Crippen molar-refractivity contribution in [2.45, 2.75) is 13.8 Å². The number of ether oxygens (including phenoxy) is 1. The van der Waals surface area contributed by atoms with Crippen molar-refractivity contribution in [2.75, 3.05) is 12.8 Å². The number of fused-ring (bicyclic) bond motifs is 3. The molecule has 1 amide bonds. The minimum atomic E-state index is -0.585. The molecule has 0 aliphatic rings. The molecule has 0 atom stereocenters. The predicted octanol–water partition coefficient (Wildman–Crippen LogP) is 2.22. The van der Waals surface area contributed by atoms with Crippen LogP contribution in [0.25, 0.3) is 27.6 Å². The van der Waals surface area contributed by atoms with Crippen LogP contribution in [-0.4, -0.2) is 32.6 Å². The van der Waals surface area contributed by atoms with Crippen LogP contribution >= 0.6 is 0 Å². The van der Waals surface area contributed by atoms with Crippen LogP contribution in [0.15, 0.2) is 24.3 Å². The molecule has 27 heavy (non-hydrogen) atoms. The van der Waals surface area contributed by atoms with E-state index in [1.807, 2.05) is 49.7 Å². The number of nitrogens with zero attached hydrogens (tertiary/aromatic N) is 4. The van der Waals surface area contributed by atoms with Gasteiger partial charge >= 0.3 is 0 Å². The Kier molecular flexibility index (Phi) is 3.59. The summed E-state index contributed by atoms with van der Waals surface area (Å²) in [6.45, 7) is 3.93. The number of aromatic nitrogens is 4. The molecule has 4 aromatic rings. The Bertz CT molecular complexity index is 1230. The number of benzene rings is 2. The molecule has 0 spiro atoms. The van der Waals surface area contributed by atoms with E-state index in [-0.39, 0.29) is 11.4 Å². The van der Waals surface area contributed by atoms with E-state index in [1.54, 1.807) is 11.8 Å². The predicted molar refractivity (Wildman–Crippen MR) is 104 cm³/mol. The number of methoxy groups -OCH3 is 1. The average molecular weight is 364 g/mol. The van der Waals surface area contributed by atoms with E-state index in [0.717, 1.165) is 28.1 Å². The quantitative estimate of drug-likeness (QED) is 0.578. The van der Waals surface area contributed by atoms with Crippen molar-refractivity contribution >= 4 is 33.7 Å². The molecule has 2 heterocycles. The average Bonchev–Trinajstić information content (AvgIpc) is 3.13. The number of amides is 1. The van der Waals surface area contributed by atoms with E-state index >= 15 is 0 Å². The fraction of sp³-hybridized carbons (Fsp3) is 0.211. The third-order valence-corrected chi connectivity index (χ3v) is 5.02. The lowest BCUT2D eigenvalue weighted by molar-refractivity contribution is 0.100. The van der Waals surface area contributed by atoms with Crippen molar-refractivity contribution in [2.24, 2.45) is 12.8 Å². The minimum absolute atomic E-state index is 0.273. The summed E-state index contributed by atoms with van der Waals surface area (Å²) in [5.41, 5.74) is 17.3. The molecular formula is C19H20N6O2. The number of rotatable bonds is 3. The van der Waals surface area contributed by atoms with Gasteiger partial charge < -0.3 is 16.2 Å². The highest BCUT2D eigenvalue weighted by Gasteiger charge is 2.25. The zero-order chi connectivity index (χ0) is 19.5. The number of primary amides is 1. The summed E-state index contributed by atoms with van der Waals surface area (Å²) in [6.07, 6.45) is 0. The second-order valence-electron chi connectivity index (χ2n) is 6.56. The highest BCUT2D eigenvalue weighted by molar-refractivity contribution is 6.17. The van der Waals surface area contributed by atoms with Crippen LogP contribution in [-0.2, 0) is 7.05 Å². The lowest BCUT2D eigenvalue weighted by atomic mass is 10.1. The molecule has 0 radical (unpaired) electrons. The van der Waals surface area contributed by atoms with E-state index in [4.69, 9.17) is 16.2 Å². The van der Waals surface area contributed by atoms with Crippen LogP contribution in [0.3, 0.4) is 0 Å². The molecule has 138 valence electrons. The lowest BCUT2D eigenvalue weighted by Crippen LogP contribution is -2.14. The van der Waals surface area contributed by atoms with Crippen LogP contribution in [0, 0.1) is 13.8 Å². The summed E-state index contributed by atoms with van der Waals surface area (Å²) in [5.74, 6) is 0.414. The number of hydrogen-bond donors (Lipinski definition) is 2. The van der Waals surface area contributed by atoms with Crippen molar-refractivity contribution in [3.8, 4) is 11.4 Å². The zero-order valence-electron chi connectivity index (χ0n) is 15.6. The molecule has 0 aliphatic heterocycles. The summed E-state index contributed by atoms with van der Waals surface area (Å²) >= 11 is 0. The molecule has 4 rings (SSSR count). The van der Waals surface area contributed by atoms with Crippen molar-refractivity contribution in [3.05, 3.63) is 41.0 Å². The third-order valence-electron chi connectivity index (χ3n) is 5.02. The Morgan fingerprint density at radius 3 is 2.59 bits per heavy atom. The highest BCUT2D eigenvalue weighted by atomic mass is 16.5. The van der Waals surface area contributed by atoms with Gasteiger partial charge in [-0.1, -0.05) is 11.3 Å². The number of hydrogen-bond acceptors (Lipinski definition) is 5. The molecule has 0 saturated carbocycles. The third kappa shape index (κ3) is 2.19. The van der Waals surface area contributed by atoms with E-state index in [1.165, 1.54) is 0 Å². The number of carbonyl (C=O) groups excluding carboxylic acids is 1. The van der Waals surface area contributed by atoms with Crippen molar-refractivity contribution in [3.63, 3.8) is 0 Å². The van der Waals surface area contributed by atoms with E-state index in [2.05, 4.69) is 10.3 Å². The highest BCUT2D eigenvalue weighted by Crippen LogP contribution is 2.38. The molecule has 4 N–H and O–H groups in total. The minimum Gasteiger partial charge on any atom is -0.496 e. The van der Waals surface area contributed by atoms with Crippen LogP contribution in [0.4, 0.5) is 5.82 Å². The Labute approximate surface area is 155 Å². The number of nitrogens with two attached hydrogens (primary N) is 2. The van der Waals surface area contributed by atoms with Crippen LogP contribution in [0.2, 0.25) is 0 Å². The normalized spacial score (nSPS) is 11.4. The van der Waals surface area contributed by atoms with Crippen LogP contribution in [0.1, 0.15) is 21.5 Å². The SMILES string of the molecule is COc1ccc(C)c(-n2c(N)c(C(N)=O)c3ccc4c(nnn4C)c32)c1C. The maximum atomic E-state index is 12.2. The second kappa shape index (κ2) is 5.73. The summed E-state index contributed by atoms with van der Waals surface area (Å²) in [6, 6.07) is 7.55. The Balaban J connectivity index is 2.27. The summed E-state index contributed by atoms with van der Waals surface area (Å²) in [7, 11) is 3.43. The van der Waals surface area contributed by atoms with Gasteiger partial charge in [-0.2, -0.15) is 0 Å². The van der Waals surface area contributed by atoms with E-state index in [9.17, 15) is 4.79 Å². The molecule has 2 aromatic carbocycles. The van der Waals surface area contributed by atoms with Gasteiger partial charge in [0.1, 0.15) is 17.1 Å². The topological polar surface area (TPSA) is 114 Å². The van der Waals surface area contributed by atoms with Crippen molar-refractivity contribution in [1.29, 1.82) is 0 Å². The maximum Gasteiger partial charge on any atom is 0.253 e. The van der Waals surface area contributed by atoms with Crippen LogP contribution < -0.4 is 16.2 Å². The van der Waals surface area contributed by atoms with Crippen LogP contribution in [0.5, 0.6) is 5.75 Å². The molecule has 0 saturated heterocycles. The van der Waals surface area contributed by atoms with Gasteiger partial charge in [0, 0.05) is 18.0 Å². The molecule has 0 unspecified atom stereocenters. The first-order chi connectivity index (χ1) is 12.9.